The molecule has 3 rings (SSSR count). The third-order valence-electron chi connectivity index (χ3n) is 8.48. The maximum Gasteiger partial charge on any atom is 0.333 e. The molecule has 0 atom stereocenters. The Hall–Kier alpha value is -2.36. The van der Waals surface area contributed by atoms with Gasteiger partial charge in [-0.3, -0.25) is 0 Å². The smallest absolute Gasteiger partial charge is 0.333 e. The lowest BCUT2D eigenvalue weighted by molar-refractivity contribution is -0.139. The molecular formula is C40H66O4. The summed E-state index contributed by atoms with van der Waals surface area (Å²) in [7, 11) is 0. The highest BCUT2D eigenvalue weighted by atomic mass is 16.5. The fourth-order valence-corrected chi connectivity index (χ4v) is 5.57. The Morgan fingerprint density at radius 2 is 0.727 bits per heavy atom. The van der Waals surface area contributed by atoms with Crippen LogP contribution in [0.1, 0.15) is 168 Å². The Morgan fingerprint density at radius 1 is 0.477 bits per heavy atom. The summed E-state index contributed by atoms with van der Waals surface area (Å²) in [6.07, 6.45) is 40.7. The predicted molar refractivity (Wildman–Crippen MR) is 188 cm³/mol. The summed E-state index contributed by atoms with van der Waals surface area (Å²) in [4.78, 5) is 23.4. The highest BCUT2D eigenvalue weighted by Crippen LogP contribution is 2.23. The van der Waals surface area contributed by atoms with Crippen LogP contribution in [0.2, 0.25) is 0 Å². The van der Waals surface area contributed by atoms with Gasteiger partial charge in [0.1, 0.15) is 13.2 Å². The summed E-state index contributed by atoms with van der Waals surface area (Å²) in [6.45, 7) is 11.0. The van der Waals surface area contributed by atoms with Crippen LogP contribution in [-0.2, 0) is 19.1 Å². The number of ether oxygens (including phenoxy) is 2. The molecule has 0 aliphatic heterocycles. The molecule has 0 aromatic carbocycles. The van der Waals surface area contributed by atoms with E-state index in [2.05, 4.69) is 37.5 Å². The highest BCUT2D eigenvalue weighted by Gasteiger charge is 2.14. The molecule has 0 aromatic heterocycles. The number of esters is 2. The average Bonchev–Trinajstić information content (AvgIpc) is 3.03. The lowest BCUT2D eigenvalue weighted by Crippen LogP contribution is -2.14. The standard InChI is InChI=1S/C20H30O4.2C10H18/c1-15(2)19(21)23-13-17-11-9-7-5-6-8-10-12-18(17)14-24-20(22)16(3)4;2*1-2-4-6-8-10-9-7-5-3-1/h1,3,5-14H2,2,4H3;2*1-2H,3-10H2/b18-17-;;. The third-order valence-corrected chi connectivity index (χ3v) is 8.48. The highest BCUT2D eigenvalue weighted by molar-refractivity contribution is 5.87. The molecule has 0 bridgehead atoms. The summed E-state index contributed by atoms with van der Waals surface area (Å²) in [5.74, 6) is -0.754. The van der Waals surface area contributed by atoms with Gasteiger partial charge < -0.3 is 9.47 Å². The SMILES string of the molecule is C1=CCCCCCCCC1.C1=CCCCCCCCC1.C=C(C)C(=O)OC/C1=C(\COC(=O)C(=C)C)CCCCCCCC1. The van der Waals surface area contributed by atoms with Crippen molar-refractivity contribution < 1.29 is 19.1 Å². The molecule has 0 saturated heterocycles. The van der Waals surface area contributed by atoms with E-state index in [9.17, 15) is 9.59 Å². The van der Waals surface area contributed by atoms with Gasteiger partial charge in [0, 0.05) is 11.1 Å². The zero-order chi connectivity index (χ0) is 32.1. The van der Waals surface area contributed by atoms with Crippen molar-refractivity contribution in [3.05, 3.63) is 59.8 Å². The second-order valence-electron chi connectivity index (χ2n) is 12.9. The van der Waals surface area contributed by atoms with Crippen LogP contribution >= 0.6 is 0 Å². The van der Waals surface area contributed by atoms with E-state index in [-0.39, 0.29) is 25.2 Å². The molecule has 0 unspecified atom stereocenters. The topological polar surface area (TPSA) is 52.6 Å². The second kappa shape index (κ2) is 28.1. The van der Waals surface area contributed by atoms with Gasteiger partial charge in [-0.15, -0.1) is 0 Å². The van der Waals surface area contributed by atoms with E-state index in [1.165, 1.54) is 128 Å². The first-order valence-corrected chi connectivity index (χ1v) is 18.1. The van der Waals surface area contributed by atoms with Crippen molar-refractivity contribution in [3.8, 4) is 0 Å². The quantitative estimate of drug-likeness (QED) is 0.170. The Balaban J connectivity index is 0.000000393. The van der Waals surface area contributed by atoms with Gasteiger partial charge in [0.2, 0.25) is 0 Å². The summed E-state index contributed by atoms with van der Waals surface area (Å²) < 4.78 is 10.7. The minimum atomic E-state index is -0.377. The Labute approximate surface area is 271 Å². The number of allylic oxidation sites excluding steroid dienone is 4. The van der Waals surface area contributed by atoms with Gasteiger partial charge in [0.05, 0.1) is 0 Å². The molecule has 0 N–H and O–H groups in total. The van der Waals surface area contributed by atoms with E-state index in [0.717, 1.165) is 36.8 Å². The number of hydrogen-bond donors (Lipinski definition) is 0. The van der Waals surface area contributed by atoms with Crippen LogP contribution in [0.3, 0.4) is 0 Å². The summed E-state index contributed by atoms with van der Waals surface area (Å²) in [5.41, 5.74) is 2.96. The number of hydrogen-bond acceptors (Lipinski definition) is 4. The second-order valence-corrected chi connectivity index (χ2v) is 12.9. The van der Waals surface area contributed by atoms with E-state index in [0.29, 0.717) is 11.1 Å². The minimum Gasteiger partial charge on any atom is -0.458 e. The number of carbonyl (C=O) groups is 2. The molecule has 0 heterocycles. The lowest BCUT2D eigenvalue weighted by atomic mass is 9.95. The first kappa shape index (κ1) is 39.7. The molecule has 0 amide bonds. The Kier molecular flexibility index (Phi) is 25.4. The zero-order valence-electron chi connectivity index (χ0n) is 28.7. The van der Waals surface area contributed by atoms with Gasteiger partial charge in [0.15, 0.2) is 0 Å². The summed E-state index contributed by atoms with van der Waals surface area (Å²) in [5, 5.41) is 0. The number of carbonyl (C=O) groups excluding carboxylic acids is 2. The van der Waals surface area contributed by atoms with Gasteiger partial charge in [-0.25, -0.2) is 9.59 Å². The van der Waals surface area contributed by atoms with Crippen LogP contribution in [0.5, 0.6) is 0 Å². The number of rotatable bonds is 6. The molecule has 0 spiro atoms. The van der Waals surface area contributed by atoms with Crippen LogP contribution in [0.4, 0.5) is 0 Å². The lowest BCUT2D eigenvalue weighted by Gasteiger charge is -2.18. The third kappa shape index (κ3) is 23.1. The summed E-state index contributed by atoms with van der Waals surface area (Å²) in [6, 6.07) is 0. The molecule has 3 aliphatic rings. The van der Waals surface area contributed by atoms with Crippen LogP contribution in [0, 0.1) is 0 Å². The van der Waals surface area contributed by atoms with Crippen molar-refractivity contribution in [2.75, 3.05) is 13.2 Å². The van der Waals surface area contributed by atoms with E-state index in [1.54, 1.807) is 13.8 Å². The van der Waals surface area contributed by atoms with E-state index in [1.807, 2.05) is 0 Å². The van der Waals surface area contributed by atoms with E-state index in [4.69, 9.17) is 9.47 Å². The van der Waals surface area contributed by atoms with Crippen LogP contribution in [-0.4, -0.2) is 25.2 Å². The van der Waals surface area contributed by atoms with Crippen LogP contribution in [0.25, 0.3) is 0 Å². The van der Waals surface area contributed by atoms with Crippen molar-refractivity contribution in [1.29, 1.82) is 0 Å². The largest absolute Gasteiger partial charge is 0.458 e. The normalized spacial score (nSPS) is 20.7. The molecule has 4 heteroatoms. The summed E-state index contributed by atoms with van der Waals surface area (Å²) >= 11 is 0. The van der Waals surface area contributed by atoms with Crippen molar-refractivity contribution in [2.24, 2.45) is 0 Å². The fourth-order valence-electron chi connectivity index (χ4n) is 5.57. The molecule has 0 saturated carbocycles. The van der Waals surface area contributed by atoms with Crippen molar-refractivity contribution in [3.63, 3.8) is 0 Å². The maximum atomic E-state index is 11.7. The van der Waals surface area contributed by atoms with E-state index < -0.39 is 0 Å². The van der Waals surface area contributed by atoms with Crippen LogP contribution in [0.15, 0.2) is 59.8 Å². The molecular weight excluding hydrogens is 544 g/mol. The van der Waals surface area contributed by atoms with E-state index >= 15 is 0 Å². The Morgan fingerprint density at radius 3 is 1.00 bits per heavy atom. The van der Waals surface area contributed by atoms with Crippen molar-refractivity contribution >= 4 is 11.9 Å². The zero-order valence-corrected chi connectivity index (χ0v) is 28.7. The average molecular weight is 611 g/mol. The van der Waals surface area contributed by atoms with Gasteiger partial charge >= 0.3 is 11.9 Å². The fraction of sp³-hybridized carbons (Fsp3) is 0.700. The molecule has 250 valence electrons. The molecule has 0 aromatic rings. The van der Waals surface area contributed by atoms with Crippen LogP contribution < -0.4 is 0 Å². The maximum absolute atomic E-state index is 11.7. The van der Waals surface area contributed by atoms with Gasteiger partial charge in [-0.1, -0.05) is 115 Å². The van der Waals surface area contributed by atoms with Gasteiger partial charge in [-0.05, 0) is 102 Å². The predicted octanol–water partition coefficient (Wildman–Crippen LogP) is 12.0. The van der Waals surface area contributed by atoms with Crippen molar-refractivity contribution in [1.82, 2.24) is 0 Å². The first-order valence-electron chi connectivity index (χ1n) is 18.1. The first-order chi connectivity index (χ1) is 21.4. The molecule has 0 radical (unpaired) electrons. The molecule has 3 aliphatic carbocycles. The molecule has 0 fully saturated rings. The monoisotopic (exact) mass is 610 g/mol. The van der Waals surface area contributed by atoms with Crippen molar-refractivity contribution in [2.45, 2.75) is 168 Å². The Bertz CT molecular complexity index is 795. The minimum absolute atomic E-state index is 0.256. The molecule has 44 heavy (non-hydrogen) atoms. The van der Waals surface area contributed by atoms with Gasteiger partial charge in [0.25, 0.3) is 0 Å². The molecule has 4 nitrogen and oxygen atoms in total. The van der Waals surface area contributed by atoms with Gasteiger partial charge in [-0.2, -0.15) is 0 Å².